The first-order valence-corrected chi connectivity index (χ1v) is 3.98. The third-order valence-electron chi connectivity index (χ3n) is 2.63. The van der Waals surface area contributed by atoms with Crippen LogP contribution in [-0.4, -0.2) is 21.9 Å². The molecule has 1 aliphatic carbocycles. The van der Waals surface area contributed by atoms with Crippen LogP contribution in [0.4, 0.5) is 0 Å². The van der Waals surface area contributed by atoms with E-state index in [1.54, 1.807) is 0 Å². The summed E-state index contributed by atoms with van der Waals surface area (Å²) in [5.41, 5.74) is -0.792. The van der Waals surface area contributed by atoms with Gasteiger partial charge in [0.2, 0.25) is 0 Å². The fraction of sp³-hybridized carbons (Fsp3) is 1.00. The van der Waals surface area contributed by atoms with Gasteiger partial charge < -0.3 is 10.2 Å². The van der Waals surface area contributed by atoms with Gasteiger partial charge in [-0.15, -0.1) is 0 Å². The minimum absolute atomic E-state index is 0.171. The van der Waals surface area contributed by atoms with E-state index in [0.717, 1.165) is 19.3 Å². The maximum atomic E-state index is 9.79. The highest BCUT2D eigenvalue weighted by Gasteiger charge is 2.42. The van der Waals surface area contributed by atoms with Crippen LogP contribution in [0.3, 0.4) is 0 Å². The van der Waals surface area contributed by atoms with Crippen molar-refractivity contribution in [3.63, 3.8) is 0 Å². The molecule has 0 aromatic carbocycles. The van der Waals surface area contributed by atoms with Gasteiger partial charge in [-0.25, -0.2) is 0 Å². The maximum Gasteiger partial charge on any atom is 0.0928 e. The van der Waals surface area contributed by atoms with Crippen molar-refractivity contribution >= 4 is 0 Å². The van der Waals surface area contributed by atoms with Crippen LogP contribution in [0.25, 0.3) is 0 Å². The molecule has 0 aromatic rings. The largest absolute Gasteiger partial charge is 0.390 e. The van der Waals surface area contributed by atoms with Crippen molar-refractivity contribution in [2.45, 2.75) is 44.8 Å². The van der Waals surface area contributed by atoms with Gasteiger partial charge in [-0.3, -0.25) is 0 Å². The molecule has 1 rings (SSSR count). The normalized spacial score (nSPS) is 41.1. The van der Waals surface area contributed by atoms with Gasteiger partial charge in [-0.2, -0.15) is 0 Å². The fourth-order valence-corrected chi connectivity index (χ4v) is 1.67. The molecule has 0 aliphatic heterocycles. The molecule has 10 heavy (non-hydrogen) atoms. The first-order chi connectivity index (χ1) is 4.57. The van der Waals surface area contributed by atoms with Gasteiger partial charge >= 0.3 is 0 Å². The van der Waals surface area contributed by atoms with E-state index in [1.807, 2.05) is 13.8 Å². The van der Waals surface area contributed by atoms with Gasteiger partial charge in [-0.05, 0) is 25.2 Å². The molecule has 2 N–H and O–H groups in total. The summed E-state index contributed by atoms with van der Waals surface area (Å²) >= 11 is 0. The Morgan fingerprint density at radius 2 is 2.10 bits per heavy atom. The molecule has 0 spiro atoms. The lowest BCUT2D eigenvalue weighted by atomic mass is 9.87. The molecule has 1 fully saturated rings. The Balaban J connectivity index is 2.66. The van der Waals surface area contributed by atoms with Gasteiger partial charge in [-0.1, -0.05) is 13.8 Å². The predicted octanol–water partition coefficient (Wildman–Crippen LogP) is 0.918. The first-order valence-electron chi connectivity index (χ1n) is 3.98. The molecule has 1 saturated carbocycles. The number of hydrogen-bond donors (Lipinski definition) is 2. The summed E-state index contributed by atoms with van der Waals surface area (Å²) in [6.07, 6.45) is 1.98. The molecule has 0 bridgehead atoms. The van der Waals surface area contributed by atoms with Crippen molar-refractivity contribution in [1.82, 2.24) is 0 Å². The monoisotopic (exact) mass is 144 g/mol. The minimum Gasteiger partial charge on any atom is -0.390 e. The Labute approximate surface area is 61.9 Å². The van der Waals surface area contributed by atoms with Crippen molar-refractivity contribution in [3.8, 4) is 0 Å². The Morgan fingerprint density at radius 1 is 1.50 bits per heavy atom. The van der Waals surface area contributed by atoms with Crippen LogP contribution in [0.2, 0.25) is 0 Å². The molecular formula is C8H16O2. The van der Waals surface area contributed by atoms with Gasteiger partial charge in [0.1, 0.15) is 0 Å². The second kappa shape index (κ2) is 2.51. The molecular weight excluding hydrogens is 128 g/mol. The summed E-state index contributed by atoms with van der Waals surface area (Å²) in [5, 5.41) is 19.2. The Bertz CT molecular complexity index is 122. The molecule has 0 aromatic heterocycles. The van der Waals surface area contributed by atoms with Gasteiger partial charge in [0.25, 0.3) is 0 Å². The summed E-state index contributed by atoms with van der Waals surface area (Å²) in [6.45, 7) is 3.91. The van der Waals surface area contributed by atoms with E-state index < -0.39 is 11.7 Å². The Hall–Kier alpha value is -0.0800. The number of aliphatic hydroxyl groups excluding tert-OH is 1. The van der Waals surface area contributed by atoms with Crippen LogP contribution in [-0.2, 0) is 0 Å². The van der Waals surface area contributed by atoms with E-state index in [2.05, 4.69) is 0 Å². The highest BCUT2D eigenvalue weighted by molar-refractivity contribution is 4.94. The van der Waals surface area contributed by atoms with E-state index in [9.17, 15) is 10.2 Å². The van der Waals surface area contributed by atoms with Gasteiger partial charge in [0.05, 0.1) is 11.7 Å². The molecule has 2 atom stereocenters. The summed E-state index contributed by atoms with van der Waals surface area (Å²) in [4.78, 5) is 0. The average Bonchev–Trinajstić information content (AvgIpc) is 2.15. The SMILES string of the molecule is CC(C)[C@@]1(O)CCC[C@@H]1O. The van der Waals surface area contributed by atoms with Crippen molar-refractivity contribution < 1.29 is 10.2 Å². The van der Waals surface area contributed by atoms with Crippen LogP contribution >= 0.6 is 0 Å². The van der Waals surface area contributed by atoms with Crippen molar-refractivity contribution in [2.24, 2.45) is 5.92 Å². The third-order valence-corrected chi connectivity index (χ3v) is 2.63. The van der Waals surface area contributed by atoms with Crippen LogP contribution < -0.4 is 0 Å². The van der Waals surface area contributed by atoms with Gasteiger partial charge in [0, 0.05) is 0 Å². The van der Waals surface area contributed by atoms with Crippen molar-refractivity contribution in [2.75, 3.05) is 0 Å². The zero-order valence-corrected chi connectivity index (χ0v) is 6.67. The highest BCUT2D eigenvalue weighted by atomic mass is 16.3. The topological polar surface area (TPSA) is 40.5 Å². The minimum atomic E-state index is -0.792. The number of hydrogen-bond acceptors (Lipinski definition) is 2. The predicted molar refractivity (Wildman–Crippen MR) is 39.6 cm³/mol. The molecule has 0 radical (unpaired) electrons. The molecule has 2 nitrogen and oxygen atoms in total. The molecule has 0 unspecified atom stereocenters. The number of rotatable bonds is 1. The smallest absolute Gasteiger partial charge is 0.0928 e. The quantitative estimate of drug-likeness (QED) is 0.574. The molecule has 0 heterocycles. The summed E-state index contributed by atoms with van der Waals surface area (Å²) in [7, 11) is 0. The zero-order valence-electron chi connectivity index (χ0n) is 6.67. The van der Waals surface area contributed by atoms with E-state index in [-0.39, 0.29) is 5.92 Å². The highest BCUT2D eigenvalue weighted by Crippen LogP contribution is 2.35. The first kappa shape index (κ1) is 8.02. The lowest BCUT2D eigenvalue weighted by Crippen LogP contribution is -2.42. The van der Waals surface area contributed by atoms with Crippen LogP contribution in [0.15, 0.2) is 0 Å². The second-order valence-corrected chi connectivity index (χ2v) is 3.55. The standard InChI is InChI=1S/C8H16O2/c1-6(2)8(10)5-3-4-7(8)9/h6-7,9-10H,3-5H2,1-2H3/t7-,8-/m0/s1. The fourth-order valence-electron chi connectivity index (χ4n) is 1.67. The lowest BCUT2D eigenvalue weighted by molar-refractivity contribution is -0.0844. The van der Waals surface area contributed by atoms with Crippen LogP contribution in [0.1, 0.15) is 33.1 Å². The zero-order chi connectivity index (χ0) is 7.78. The Kier molecular flexibility index (Phi) is 2.02. The van der Waals surface area contributed by atoms with E-state index >= 15 is 0 Å². The van der Waals surface area contributed by atoms with Gasteiger partial charge in [0.15, 0.2) is 0 Å². The summed E-state index contributed by atoms with van der Waals surface area (Å²) in [6, 6.07) is 0. The van der Waals surface area contributed by atoms with Crippen molar-refractivity contribution in [1.29, 1.82) is 0 Å². The third kappa shape index (κ3) is 1.06. The molecule has 1 aliphatic rings. The molecule has 0 saturated heterocycles. The van der Waals surface area contributed by atoms with Crippen LogP contribution in [0.5, 0.6) is 0 Å². The molecule has 60 valence electrons. The summed E-state index contributed by atoms with van der Waals surface area (Å²) in [5.74, 6) is 0.171. The van der Waals surface area contributed by atoms with E-state index in [1.165, 1.54) is 0 Å². The maximum absolute atomic E-state index is 9.79. The van der Waals surface area contributed by atoms with E-state index in [0.29, 0.717) is 0 Å². The molecule has 2 heteroatoms. The summed E-state index contributed by atoms with van der Waals surface area (Å²) < 4.78 is 0. The lowest BCUT2D eigenvalue weighted by Gasteiger charge is -2.30. The Morgan fingerprint density at radius 3 is 2.30 bits per heavy atom. The second-order valence-electron chi connectivity index (χ2n) is 3.55. The van der Waals surface area contributed by atoms with E-state index in [4.69, 9.17) is 0 Å². The molecule has 0 amide bonds. The van der Waals surface area contributed by atoms with Crippen molar-refractivity contribution in [3.05, 3.63) is 0 Å². The number of aliphatic hydroxyl groups is 2. The van der Waals surface area contributed by atoms with Crippen LogP contribution in [0, 0.1) is 5.92 Å². The average molecular weight is 144 g/mol.